The number of piperazine rings is 1. The number of carbonyl (C=O) groups excluding carboxylic acids is 3. The van der Waals surface area contributed by atoms with Crippen LogP contribution in [-0.2, 0) is 10.2 Å². The molecule has 5 rings (SSSR count). The van der Waals surface area contributed by atoms with Crippen LogP contribution in [0.1, 0.15) is 65.1 Å². The van der Waals surface area contributed by atoms with Gasteiger partial charge >= 0.3 is 0 Å². The number of hydrogen-bond donors (Lipinski definition) is 4. The fourth-order valence-electron chi connectivity index (χ4n) is 5.44. The van der Waals surface area contributed by atoms with E-state index in [0.29, 0.717) is 36.4 Å². The molecule has 2 aliphatic rings. The third kappa shape index (κ3) is 6.78. The molecule has 0 aromatic heterocycles. The Labute approximate surface area is 259 Å². The first-order valence-electron chi connectivity index (χ1n) is 15.2. The second-order valence-electron chi connectivity index (χ2n) is 12.3. The largest absolute Gasteiger partial charge is 0.358 e. The second-order valence-corrected chi connectivity index (χ2v) is 12.3. The van der Waals surface area contributed by atoms with Crippen LogP contribution in [0.3, 0.4) is 0 Å². The van der Waals surface area contributed by atoms with Gasteiger partial charge in [0.1, 0.15) is 0 Å². The maximum Gasteiger partial charge on any atom is 0.269 e. The Balaban J connectivity index is 1.31. The van der Waals surface area contributed by atoms with Crippen LogP contribution in [0.5, 0.6) is 0 Å². The van der Waals surface area contributed by atoms with E-state index in [-0.39, 0.29) is 23.1 Å². The first kappa shape index (κ1) is 30.8. The lowest BCUT2D eigenvalue weighted by Crippen LogP contribution is -2.52. The van der Waals surface area contributed by atoms with Crippen molar-refractivity contribution in [3.63, 3.8) is 0 Å². The van der Waals surface area contributed by atoms with Crippen molar-refractivity contribution in [3.8, 4) is 0 Å². The lowest BCUT2D eigenvalue weighted by atomic mass is 9.86. The van der Waals surface area contributed by atoms with Gasteiger partial charge in [-0.25, -0.2) is 0 Å². The summed E-state index contributed by atoms with van der Waals surface area (Å²) in [5, 5.41) is 13.0. The summed E-state index contributed by atoms with van der Waals surface area (Å²) < 4.78 is 0. The van der Waals surface area contributed by atoms with Crippen LogP contribution in [0, 0.1) is 6.92 Å². The molecule has 1 atom stereocenters. The van der Waals surface area contributed by atoms with E-state index in [4.69, 9.17) is 0 Å². The van der Waals surface area contributed by atoms with Crippen LogP contribution in [0.4, 0.5) is 11.4 Å². The van der Waals surface area contributed by atoms with Gasteiger partial charge in [-0.3, -0.25) is 14.4 Å². The minimum absolute atomic E-state index is 0.00849. The molecule has 9 heteroatoms. The SMILES string of the molecule is CCN1C=C(c2cccc(NC(=O)c3ccc(C(C)(C)C)cc3)c2C)NC(Nc2ccc(C(=O)N3CCNCC3)cc2)C1=O. The van der Waals surface area contributed by atoms with E-state index >= 15 is 0 Å². The molecule has 1 fully saturated rings. The van der Waals surface area contributed by atoms with Crippen LogP contribution in [0.25, 0.3) is 5.70 Å². The molecule has 230 valence electrons. The third-order valence-electron chi connectivity index (χ3n) is 8.19. The lowest BCUT2D eigenvalue weighted by Gasteiger charge is -2.33. The van der Waals surface area contributed by atoms with E-state index in [1.54, 1.807) is 17.0 Å². The average molecular weight is 595 g/mol. The van der Waals surface area contributed by atoms with Crippen molar-refractivity contribution in [2.24, 2.45) is 0 Å². The average Bonchev–Trinajstić information content (AvgIpc) is 3.03. The van der Waals surface area contributed by atoms with Gasteiger partial charge in [0.2, 0.25) is 0 Å². The summed E-state index contributed by atoms with van der Waals surface area (Å²) in [5.74, 6) is -0.283. The predicted molar refractivity (Wildman–Crippen MR) is 175 cm³/mol. The van der Waals surface area contributed by atoms with Gasteiger partial charge in [0, 0.05) is 67.0 Å². The van der Waals surface area contributed by atoms with E-state index in [0.717, 1.165) is 35.6 Å². The van der Waals surface area contributed by atoms with Gasteiger partial charge in [-0.15, -0.1) is 0 Å². The Morgan fingerprint density at radius 2 is 1.59 bits per heavy atom. The number of likely N-dealkylation sites (N-methyl/N-ethyl adjacent to an activating group) is 1. The lowest BCUT2D eigenvalue weighted by molar-refractivity contribution is -0.130. The zero-order valence-electron chi connectivity index (χ0n) is 26.2. The normalized spacial score (nSPS) is 17.1. The van der Waals surface area contributed by atoms with Gasteiger partial charge in [-0.2, -0.15) is 0 Å². The number of benzene rings is 3. The van der Waals surface area contributed by atoms with Crippen LogP contribution in [-0.4, -0.2) is 66.4 Å². The van der Waals surface area contributed by atoms with Crippen molar-refractivity contribution in [2.45, 2.75) is 46.2 Å². The maximum absolute atomic E-state index is 13.3. The molecule has 0 radical (unpaired) electrons. The Hall–Kier alpha value is -4.63. The van der Waals surface area contributed by atoms with Crippen molar-refractivity contribution in [2.75, 3.05) is 43.4 Å². The number of anilines is 2. The second kappa shape index (κ2) is 12.9. The van der Waals surface area contributed by atoms with Gasteiger partial charge in [0.05, 0.1) is 5.70 Å². The molecule has 0 aliphatic carbocycles. The topological polar surface area (TPSA) is 106 Å². The molecule has 44 heavy (non-hydrogen) atoms. The highest BCUT2D eigenvalue weighted by Crippen LogP contribution is 2.28. The summed E-state index contributed by atoms with van der Waals surface area (Å²) in [5.41, 5.74) is 6.32. The Morgan fingerprint density at radius 3 is 2.23 bits per heavy atom. The molecule has 2 heterocycles. The molecule has 4 N–H and O–H groups in total. The molecule has 0 spiro atoms. The summed E-state index contributed by atoms with van der Waals surface area (Å²) in [7, 11) is 0. The standard InChI is InChI=1S/C35H42N6O3/c1-6-40-22-30(28-8-7-9-29(23(28)2)39-32(42)24-10-14-26(15-11-24)35(3,4)5)38-31(34(40)44)37-27-16-12-25(13-17-27)33(43)41-20-18-36-19-21-41/h7-17,22,31,36-38H,6,18-21H2,1-5H3,(H,39,42). The van der Waals surface area contributed by atoms with Crippen molar-refractivity contribution in [3.05, 3.63) is 101 Å². The molecular weight excluding hydrogens is 552 g/mol. The molecular formula is C35H42N6O3. The minimum Gasteiger partial charge on any atom is -0.358 e. The Morgan fingerprint density at radius 1 is 0.932 bits per heavy atom. The van der Waals surface area contributed by atoms with Gasteiger partial charge in [0.25, 0.3) is 17.7 Å². The van der Waals surface area contributed by atoms with E-state index in [9.17, 15) is 14.4 Å². The third-order valence-corrected chi connectivity index (χ3v) is 8.19. The van der Waals surface area contributed by atoms with Crippen LogP contribution < -0.4 is 21.3 Å². The number of nitrogens with one attached hydrogen (secondary N) is 4. The van der Waals surface area contributed by atoms with Crippen molar-refractivity contribution in [1.29, 1.82) is 0 Å². The predicted octanol–water partition coefficient (Wildman–Crippen LogP) is 4.78. The summed E-state index contributed by atoms with van der Waals surface area (Å²) >= 11 is 0. The van der Waals surface area contributed by atoms with Crippen molar-refractivity contribution < 1.29 is 14.4 Å². The summed E-state index contributed by atoms with van der Waals surface area (Å²) in [6, 6.07) is 20.7. The molecule has 0 bridgehead atoms. The van der Waals surface area contributed by atoms with E-state index in [1.165, 1.54) is 5.56 Å². The molecule has 0 saturated carbocycles. The fourth-order valence-corrected chi connectivity index (χ4v) is 5.44. The molecule has 1 saturated heterocycles. The molecule has 3 amide bonds. The highest BCUT2D eigenvalue weighted by molar-refractivity contribution is 6.05. The molecule has 3 aromatic carbocycles. The van der Waals surface area contributed by atoms with Gasteiger partial charge in [-0.1, -0.05) is 45.0 Å². The highest BCUT2D eigenvalue weighted by Gasteiger charge is 2.29. The fraction of sp³-hybridized carbons (Fsp3) is 0.343. The molecule has 9 nitrogen and oxygen atoms in total. The van der Waals surface area contributed by atoms with E-state index in [1.807, 2.05) is 79.5 Å². The van der Waals surface area contributed by atoms with Gasteiger partial charge in [0.15, 0.2) is 6.17 Å². The first-order chi connectivity index (χ1) is 21.0. The quantitative estimate of drug-likeness (QED) is 0.314. The van der Waals surface area contributed by atoms with E-state index in [2.05, 4.69) is 42.0 Å². The zero-order valence-corrected chi connectivity index (χ0v) is 26.2. The highest BCUT2D eigenvalue weighted by atomic mass is 16.2. The minimum atomic E-state index is -0.719. The van der Waals surface area contributed by atoms with Gasteiger partial charge < -0.3 is 31.1 Å². The van der Waals surface area contributed by atoms with Gasteiger partial charge in [-0.05, 0) is 72.9 Å². The monoisotopic (exact) mass is 594 g/mol. The van der Waals surface area contributed by atoms with Crippen molar-refractivity contribution >= 4 is 34.8 Å². The van der Waals surface area contributed by atoms with Crippen LogP contribution in [0.2, 0.25) is 0 Å². The molecule has 3 aromatic rings. The number of carbonyl (C=O) groups is 3. The van der Waals surface area contributed by atoms with Crippen molar-refractivity contribution in [1.82, 2.24) is 20.4 Å². The Bertz CT molecular complexity index is 1550. The Kier molecular flexibility index (Phi) is 9.06. The molecule has 1 unspecified atom stereocenters. The van der Waals surface area contributed by atoms with Crippen LogP contribution >= 0.6 is 0 Å². The summed E-state index contributed by atoms with van der Waals surface area (Å²) in [6.45, 7) is 13.8. The summed E-state index contributed by atoms with van der Waals surface area (Å²) in [6.07, 6.45) is 1.10. The number of rotatable bonds is 7. The molecule has 2 aliphatic heterocycles. The first-order valence-corrected chi connectivity index (χ1v) is 15.2. The number of nitrogens with zero attached hydrogens (tertiary/aromatic N) is 2. The van der Waals surface area contributed by atoms with E-state index < -0.39 is 6.17 Å². The smallest absolute Gasteiger partial charge is 0.269 e. The van der Waals surface area contributed by atoms with Crippen LogP contribution in [0.15, 0.2) is 72.9 Å². The summed E-state index contributed by atoms with van der Waals surface area (Å²) in [4.78, 5) is 42.8. The number of amides is 3. The zero-order chi connectivity index (χ0) is 31.4. The number of hydrogen-bond acceptors (Lipinski definition) is 6. The maximum atomic E-state index is 13.3.